The summed E-state index contributed by atoms with van der Waals surface area (Å²) in [5.74, 6) is 0.0151. The topological polar surface area (TPSA) is 52.3 Å². The van der Waals surface area contributed by atoms with Gasteiger partial charge in [-0.15, -0.1) is 0 Å². The van der Waals surface area contributed by atoms with E-state index in [1.807, 2.05) is 6.26 Å². The van der Waals surface area contributed by atoms with E-state index in [0.717, 1.165) is 0 Å². The van der Waals surface area contributed by atoms with E-state index in [1.165, 1.54) is 7.11 Å². The third kappa shape index (κ3) is 3.74. The molecule has 0 aromatic heterocycles. The normalized spacial score (nSPS) is 17.3. The molecule has 0 unspecified atom stereocenters. The number of hydrogen-bond donors (Lipinski definition) is 1. The van der Waals surface area contributed by atoms with E-state index in [2.05, 4.69) is 4.74 Å². The lowest BCUT2D eigenvalue weighted by atomic mass is 10.2. The van der Waals surface area contributed by atoms with Crippen LogP contribution in [0.4, 0.5) is 0 Å². The van der Waals surface area contributed by atoms with Gasteiger partial charge in [0.2, 0.25) is 0 Å². The molecule has 1 atom stereocenters. The molecule has 0 aliphatic rings. The van der Waals surface area contributed by atoms with Gasteiger partial charge in [0.05, 0.1) is 8.48 Å². The Kier molecular flexibility index (Phi) is 4.38. The summed E-state index contributed by atoms with van der Waals surface area (Å²) in [7, 11) is 1.23. The van der Waals surface area contributed by atoms with E-state index in [-0.39, 0.29) is 0 Å². The van der Waals surface area contributed by atoms with Crippen molar-refractivity contribution in [2.45, 2.75) is 12.4 Å². The van der Waals surface area contributed by atoms with Crippen LogP contribution in [-0.2, 0) is 9.53 Å². The van der Waals surface area contributed by atoms with Gasteiger partial charge in [-0.25, -0.2) is 0 Å². The molecule has 0 aliphatic carbocycles. The van der Waals surface area contributed by atoms with E-state index < -0.39 is 12.0 Å². The van der Waals surface area contributed by atoms with Crippen LogP contribution in [0.15, 0.2) is 0 Å². The third-order valence-electron chi connectivity index (χ3n) is 1.02. The molecule has 0 aromatic carbocycles. The second-order valence-corrected chi connectivity index (χ2v) is 2.75. The van der Waals surface area contributed by atoms with Gasteiger partial charge in [0.25, 0.3) is 0 Å². The number of ether oxygens (including phenoxy) is 1. The second-order valence-electron chi connectivity index (χ2n) is 1.76. The van der Waals surface area contributed by atoms with Crippen LogP contribution in [0.25, 0.3) is 0 Å². The molecule has 0 aliphatic heterocycles. The van der Waals surface area contributed by atoms with Gasteiger partial charge in [0.15, 0.2) is 0 Å². The van der Waals surface area contributed by atoms with Gasteiger partial charge in [0.1, 0.15) is 6.02 Å². The Hall–Kier alpha value is -0.220. The first-order chi connectivity index (χ1) is 5.04. The number of hydrogen-bond acceptors (Lipinski definition) is 4. The zero-order valence-electron chi connectivity index (χ0n) is 7.22. The highest BCUT2D eigenvalue weighted by molar-refractivity contribution is 7.98. The fourth-order valence-corrected chi connectivity index (χ4v) is 0.869. The largest absolute Gasteiger partial charge is 0.468 e. The number of nitrogens with two attached hydrogens (primary N) is 1. The summed E-state index contributed by atoms with van der Waals surface area (Å²) in [6.07, 6.45) is 2.22. The lowest BCUT2D eigenvalue weighted by molar-refractivity contribution is -0.142. The van der Waals surface area contributed by atoms with E-state index in [1.54, 1.807) is 11.8 Å². The highest BCUT2D eigenvalue weighted by Crippen LogP contribution is 1.99. The Morgan fingerprint density at radius 1 is 2.00 bits per heavy atom. The van der Waals surface area contributed by atoms with Crippen molar-refractivity contribution in [2.24, 2.45) is 5.73 Å². The Bertz CT molecular complexity index is 141. The molecular weight excluding hydrogens is 150 g/mol. The van der Waals surface area contributed by atoms with Crippen molar-refractivity contribution in [1.29, 1.82) is 0 Å². The first kappa shape index (κ1) is 7.88. The van der Waals surface area contributed by atoms with Gasteiger partial charge in [-0.3, -0.25) is 4.79 Å². The number of methoxy groups -OCH3 is 1. The van der Waals surface area contributed by atoms with Gasteiger partial charge in [-0.05, 0) is 18.4 Å². The maximum atomic E-state index is 10.8. The quantitative estimate of drug-likeness (QED) is 0.605. The van der Waals surface area contributed by atoms with Gasteiger partial charge < -0.3 is 10.5 Å². The minimum atomic E-state index is -1.57. The molecule has 0 saturated carbocycles. The van der Waals surface area contributed by atoms with Crippen LogP contribution in [0.5, 0.6) is 0 Å². The van der Waals surface area contributed by atoms with Crippen molar-refractivity contribution >= 4 is 17.7 Å². The zero-order valence-corrected chi connectivity index (χ0v) is 7.03. The fourth-order valence-electron chi connectivity index (χ4n) is 0.445. The van der Waals surface area contributed by atoms with E-state index in [4.69, 9.17) is 7.10 Å². The van der Waals surface area contributed by atoms with Crippen LogP contribution in [-0.4, -0.2) is 31.1 Å². The lowest BCUT2D eigenvalue weighted by Gasteiger charge is -2.06. The highest BCUT2D eigenvalue weighted by Gasteiger charge is 2.11. The van der Waals surface area contributed by atoms with Crippen molar-refractivity contribution in [3.05, 3.63) is 0 Å². The molecule has 0 bridgehead atoms. The predicted octanol–water partition coefficient (Wildman–Crippen LogP) is 0.240. The van der Waals surface area contributed by atoms with Crippen molar-refractivity contribution < 1.29 is 10.9 Å². The molecule has 0 saturated heterocycles. The Morgan fingerprint density at radius 3 is 3.00 bits per heavy atom. The van der Waals surface area contributed by atoms with Crippen LogP contribution in [0.2, 0.25) is 0 Å². The molecule has 0 heterocycles. The average Bonchev–Trinajstić information content (AvgIpc) is 1.99. The molecule has 0 radical (unpaired) electrons. The fraction of sp³-hybridized carbons (Fsp3) is 0.833. The first-order valence-electron chi connectivity index (χ1n) is 3.41. The van der Waals surface area contributed by atoms with Gasteiger partial charge in [-0.2, -0.15) is 11.8 Å². The van der Waals surface area contributed by atoms with Crippen molar-refractivity contribution in [3.63, 3.8) is 0 Å². The molecule has 2 N–H and O–H groups in total. The van der Waals surface area contributed by atoms with Gasteiger partial charge in [0, 0.05) is 0 Å². The molecule has 0 amide bonds. The highest BCUT2D eigenvalue weighted by atomic mass is 32.2. The molecule has 3 nitrogen and oxygen atoms in total. The van der Waals surface area contributed by atoms with Crippen LogP contribution < -0.4 is 5.73 Å². The number of thioether (sulfide) groups is 1. The van der Waals surface area contributed by atoms with Crippen LogP contribution in [0.1, 0.15) is 7.79 Å². The Morgan fingerprint density at radius 2 is 2.60 bits per heavy atom. The van der Waals surface area contributed by atoms with E-state index in [9.17, 15) is 4.79 Å². The van der Waals surface area contributed by atoms with Gasteiger partial charge >= 0.3 is 5.97 Å². The molecule has 0 rings (SSSR count). The summed E-state index contributed by atoms with van der Waals surface area (Å²) >= 11 is 1.55. The minimum absolute atomic E-state index is 0.320. The zero-order chi connectivity index (χ0) is 8.91. The maximum Gasteiger partial charge on any atom is 0.322 e. The maximum absolute atomic E-state index is 10.8. The van der Waals surface area contributed by atoms with E-state index >= 15 is 0 Å². The Labute approximate surface area is 66.7 Å². The predicted molar refractivity (Wildman–Crippen MR) is 43.0 cm³/mol. The molecule has 60 valence electrons. The molecule has 0 fully saturated rings. The SMILES string of the molecule is [2H][C@](N)(CCSC)C(=O)OC. The monoisotopic (exact) mass is 164 g/mol. The van der Waals surface area contributed by atoms with Crippen LogP contribution in [0.3, 0.4) is 0 Å². The Balaban J connectivity index is 3.88. The second kappa shape index (κ2) is 5.56. The van der Waals surface area contributed by atoms with Crippen LogP contribution in [0, 0.1) is 0 Å². The number of rotatable bonds is 4. The molecule has 0 aromatic rings. The van der Waals surface area contributed by atoms with Crippen molar-refractivity contribution in [1.82, 2.24) is 0 Å². The van der Waals surface area contributed by atoms with Crippen molar-refractivity contribution in [3.8, 4) is 0 Å². The molecule has 4 heteroatoms. The van der Waals surface area contributed by atoms with Crippen LogP contribution >= 0.6 is 11.8 Å². The number of esters is 1. The standard InChI is InChI=1S/C6H13NO2S/c1-9-6(8)5(7)3-4-10-2/h5H,3-4,7H2,1-2H3/t5-/m0/s1/i5D. The summed E-state index contributed by atoms with van der Waals surface area (Å²) in [6.45, 7) is 0. The lowest BCUT2D eigenvalue weighted by Crippen LogP contribution is -2.31. The summed E-state index contributed by atoms with van der Waals surface area (Å²) in [6, 6.07) is -1.57. The first-order valence-corrected chi connectivity index (χ1v) is 4.30. The van der Waals surface area contributed by atoms with E-state index in [0.29, 0.717) is 12.2 Å². The minimum Gasteiger partial charge on any atom is -0.468 e. The smallest absolute Gasteiger partial charge is 0.322 e. The number of carbonyl (C=O) groups is 1. The van der Waals surface area contributed by atoms with Crippen molar-refractivity contribution in [2.75, 3.05) is 19.1 Å². The molecule has 0 spiro atoms. The summed E-state index contributed by atoms with van der Waals surface area (Å²) in [4.78, 5) is 10.8. The molecule has 10 heavy (non-hydrogen) atoms. The summed E-state index contributed by atoms with van der Waals surface area (Å²) in [5.41, 5.74) is 5.34. The third-order valence-corrected chi connectivity index (χ3v) is 1.64. The van der Waals surface area contributed by atoms with Gasteiger partial charge in [-0.1, -0.05) is 0 Å². The number of carbonyl (C=O) groups excluding carboxylic acids is 1. The summed E-state index contributed by atoms with van der Waals surface area (Å²) < 4.78 is 11.7. The summed E-state index contributed by atoms with van der Waals surface area (Å²) in [5, 5.41) is 0. The average molecular weight is 164 g/mol. The molecular formula is C6H13NO2S.